The summed E-state index contributed by atoms with van der Waals surface area (Å²) < 4.78 is 13.6. The zero-order chi connectivity index (χ0) is 15.1. The fourth-order valence-electron chi connectivity index (χ4n) is 1.79. The van der Waals surface area contributed by atoms with Gasteiger partial charge in [-0.3, -0.25) is 4.79 Å². The van der Waals surface area contributed by atoms with Gasteiger partial charge in [0.05, 0.1) is 11.6 Å². The van der Waals surface area contributed by atoms with Gasteiger partial charge >= 0.3 is 0 Å². The number of carbonyl (C=O) groups excluding carboxylic acids is 1. The van der Waals surface area contributed by atoms with Crippen molar-refractivity contribution in [1.82, 2.24) is 4.90 Å². The van der Waals surface area contributed by atoms with Crippen molar-refractivity contribution in [3.05, 3.63) is 35.1 Å². The Morgan fingerprint density at radius 1 is 1.55 bits per heavy atom. The van der Waals surface area contributed by atoms with Crippen molar-refractivity contribution in [2.45, 2.75) is 26.3 Å². The van der Waals surface area contributed by atoms with Crippen molar-refractivity contribution < 1.29 is 9.18 Å². The van der Waals surface area contributed by atoms with E-state index in [1.807, 2.05) is 13.0 Å². The smallest absolute Gasteiger partial charge is 0.222 e. The Hall–Kier alpha value is -1.93. The quantitative estimate of drug-likeness (QED) is 0.865. The van der Waals surface area contributed by atoms with Crippen LogP contribution in [0.5, 0.6) is 0 Å². The largest absolute Gasteiger partial charge is 0.341 e. The fraction of sp³-hybridized carbons (Fsp3) is 0.467. The molecule has 0 radical (unpaired) electrons. The number of hydrogen-bond donors (Lipinski definition) is 1. The van der Waals surface area contributed by atoms with Crippen LogP contribution in [0.3, 0.4) is 0 Å². The van der Waals surface area contributed by atoms with E-state index in [4.69, 9.17) is 11.0 Å². The minimum atomic E-state index is -0.404. The summed E-state index contributed by atoms with van der Waals surface area (Å²) in [6, 6.07) is 6.11. The first kappa shape index (κ1) is 16.1. The summed E-state index contributed by atoms with van der Waals surface area (Å²) in [7, 11) is 1.63. The minimum absolute atomic E-state index is 0.0490. The van der Waals surface area contributed by atoms with Gasteiger partial charge in [-0.05, 0) is 37.1 Å². The first-order valence-electron chi connectivity index (χ1n) is 6.60. The number of nitriles is 1. The number of carbonyl (C=O) groups is 1. The molecule has 1 aromatic carbocycles. The van der Waals surface area contributed by atoms with Gasteiger partial charge in [-0.15, -0.1) is 0 Å². The first-order valence-corrected chi connectivity index (χ1v) is 6.60. The van der Waals surface area contributed by atoms with Gasteiger partial charge < -0.3 is 10.6 Å². The Morgan fingerprint density at radius 2 is 2.25 bits per heavy atom. The third-order valence-electron chi connectivity index (χ3n) is 3.26. The van der Waals surface area contributed by atoms with Crippen LogP contribution in [0.1, 0.15) is 30.9 Å². The Balaban J connectivity index is 2.64. The molecule has 0 saturated heterocycles. The van der Waals surface area contributed by atoms with Crippen molar-refractivity contribution in [3.63, 3.8) is 0 Å². The number of hydrogen-bond acceptors (Lipinski definition) is 3. The van der Waals surface area contributed by atoms with E-state index in [9.17, 15) is 9.18 Å². The van der Waals surface area contributed by atoms with Crippen LogP contribution in [0.4, 0.5) is 4.39 Å². The number of amides is 1. The van der Waals surface area contributed by atoms with Crippen LogP contribution < -0.4 is 5.73 Å². The van der Waals surface area contributed by atoms with E-state index >= 15 is 0 Å². The van der Waals surface area contributed by atoms with Crippen LogP contribution in [0, 0.1) is 23.1 Å². The average Bonchev–Trinajstić information content (AvgIpc) is 2.46. The Labute approximate surface area is 119 Å². The number of benzene rings is 1. The molecule has 1 unspecified atom stereocenters. The van der Waals surface area contributed by atoms with E-state index in [0.29, 0.717) is 30.0 Å². The molecule has 0 saturated carbocycles. The van der Waals surface area contributed by atoms with Crippen molar-refractivity contribution in [2.75, 3.05) is 13.6 Å². The van der Waals surface area contributed by atoms with Gasteiger partial charge in [0.15, 0.2) is 0 Å². The molecule has 0 bridgehead atoms. The van der Waals surface area contributed by atoms with Gasteiger partial charge in [-0.1, -0.05) is 6.92 Å². The average molecular weight is 277 g/mol. The third kappa shape index (κ3) is 4.63. The second kappa shape index (κ2) is 7.61. The number of rotatable bonds is 6. The van der Waals surface area contributed by atoms with Crippen LogP contribution in [0.25, 0.3) is 0 Å². The van der Waals surface area contributed by atoms with E-state index in [2.05, 4.69) is 0 Å². The number of halogens is 1. The Morgan fingerprint density at radius 3 is 2.85 bits per heavy atom. The molecule has 1 atom stereocenters. The van der Waals surface area contributed by atoms with E-state index in [-0.39, 0.29) is 12.5 Å². The Kier molecular flexibility index (Phi) is 6.13. The zero-order valence-corrected chi connectivity index (χ0v) is 11.9. The fourth-order valence-corrected chi connectivity index (χ4v) is 1.79. The minimum Gasteiger partial charge on any atom is -0.341 e. The second-order valence-corrected chi connectivity index (χ2v) is 5.05. The lowest BCUT2D eigenvalue weighted by molar-refractivity contribution is -0.130. The molecule has 1 aromatic rings. The molecule has 4 nitrogen and oxygen atoms in total. The molecule has 0 fully saturated rings. The predicted molar refractivity (Wildman–Crippen MR) is 75.0 cm³/mol. The molecule has 1 amide bonds. The number of nitrogens with zero attached hydrogens (tertiary/aromatic N) is 2. The highest BCUT2D eigenvalue weighted by Crippen LogP contribution is 2.13. The monoisotopic (exact) mass is 277 g/mol. The molecule has 2 N–H and O–H groups in total. The highest BCUT2D eigenvalue weighted by molar-refractivity contribution is 5.75. The predicted octanol–water partition coefficient (Wildman–Crippen LogP) is 2.03. The molecule has 0 aliphatic rings. The summed E-state index contributed by atoms with van der Waals surface area (Å²) in [4.78, 5) is 13.4. The summed E-state index contributed by atoms with van der Waals surface area (Å²) in [5.74, 6) is -0.156. The normalized spacial score (nSPS) is 11.8. The molecular weight excluding hydrogens is 257 g/mol. The lowest BCUT2D eigenvalue weighted by Gasteiger charge is -2.18. The summed E-state index contributed by atoms with van der Waals surface area (Å²) in [5, 5.41) is 8.80. The molecular formula is C15H20FN3O. The molecule has 108 valence electrons. The van der Waals surface area contributed by atoms with Crippen LogP contribution >= 0.6 is 0 Å². The maximum absolute atomic E-state index is 13.6. The van der Waals surface area contributed by atoms with Gasteiger partial charge in [-0.2, -0.15) is 5.26 Å². The van der Waals surface area contributed by atoms with Crippen LogP contribution in [-0.4, -0.2) is 24.4 Å². The van der Waals surface area contributed by atoms with Crippen molar-refractivity contribution >= 4 is 5.91 Å². The van der Waals surface area contributed by atoms with Gasteiger partial charge in [0.25, 0.3) is 0 Å². The summed E-state index contributed by atoms with van der Waals surface area (Å²) in [6.07, 6.45) is 1.12. The van der Waals surface area contributed by atoms with Crippen molar-refractivity contribution in [3.8, 4) is 6.07 Å². The first-order chi connectivity index (χ1) is 9.47. The molecule has 1 rings (SSSR count). The standard InChI is InChI=1S/C15H20FN3O/c1-11(8-17)3-6-15(20)19(2)10-13-7-12(9-18)4-5-14(13)16/h4-5,7,11H,3,6,8,10,17H2,1-2H3. The van der Waals surface area contributed by atoms with Gasteiger partial charge in [0.2, 0.25) is 5.91 Å². The zero-order valence-electron chi connectivity index (χ0n) is 11.9. The summed E-state index contributed by atoms with van der Waals surface area (Å²) in [6.45, 7) is 2.70. The molecule has 20 heavy (non-hydrogen) atoms. The summed E-state index contributed by atoms with van der Waals surface area (Å²) >= 11 is 0. The Bertz CT molecular complexity index is 510. The molecule has 0 aromatic heterocycles. The molecule has 5 heteroatoms. The maximum atomic E-state index is 13.6. The molecule has 0 heterocycles. The lowest BCUT2D eigenvalue weighted by atomic mass is 10.1. The van der Waals surface area contributed by atoms with Crippen LogP contribution in [0.2, 0.25) is 0 Å². The second-order valence-electron chi connectivity index (χ2n) is 5.05. The van der Waals surface area contributed by atoms with Gasteiger partial charge in [0, 0.05) is 25.6 Å². The maximum Gasteiger partial charge on any atom is 0.222 e. The SMILES string of the molecule is CC(CN)CCC(=O)N(C)Cc1cc(C#N)ccc1F. The van der Waals surface area contributed by atoms with Gasteiger partial charge in [0.1, 0.15) is 5.82 Å². The highest BCUT2D eigenvalue weighted by Gasteiger charge is 2.13. The van der Waals surface area contributed by atoms with Crippen LogP contribution in [0.15, 0.2) is 18.2 Å². The van der Waals surface area contributed by atoms with Crippen molar-refractivity contribution in [2.24, 2.45) is 11.7 Å². The topological polar surface area (TPSA) is 70.1 Å². The van der Waals surface area contributed by atoms with E-state index < -0.39 is 5.82 Å². The van der Waals surface area contributed by atoms with Crippen molar-refractivity contribution in [1.29, 1.82) is 5.26 Å². The highest BCUT2D eigenvalue weighted by atomic mass is 19.1. The molecule has 0 aliphatic carbocycles. The third-order valence-corrected chi connectivity index (χ3v) is 3.26. The van der Waals surface area contributed by atoms with E-state index in [0.717, 1.165) is 6.42 Å². The molecule has 0 spiro atoms. The number of nitrogens with two attached hydrogens (primary N) is 1. The van der Waals surface area contributed by atoms with Crippen LogP contribution in [-0.2, 0) is 11.3 Å². The summed E-state index contributed by atoms with van der Waals surface area (Å²) in [5.41, 5.74) is 6.25. The van der Waals surface area contributed by atoms with E-state index in [1.54, 1.807) is 7.05 Å². The lowest BCUT2D eigenvalue weighted by Crippen LogP contribution is -2.27. The van der Waals surface area contributed by atoms with Gasteiger partial charge in [-0.25, -0.2) is 4.39 Å². The van der Waals surface area contributed by atoms with E-state index in [1.165, 1.54) is 23.1 Å². The molecule has 0 aliphatic heterocycles.